The Hall–Kier alpha value is -1.34. The first-order valence-electron chi connectivity index (χ1n) is 6.10. The standard InChI is InChI=1S/C14H15BrN2O/c15-12-5-3-11(4-6-12)9-13(18)17-14(10-16)7-1-2-8-14/h3-6H,1-2,7-9H2,(H,17,18). The van der Waals surface area contributed by atoms with Gasteiger partial charge in [0.25, 0.3) is 0 Å². The summed E-state index contributed by atoms with van der Waals surface area (Å²) in [5.74, 6) is -0.0687. The molecule has 2 rings (SSSR count). The van der Waals surface area contributed by atoms with Crippen LogP contribution in [0.3, 0.4) is 0 Å². The number of hydrogen-bond donors (Lipinski definition) is 1. The summed E-state index contributed by atoms with van der Waals surface area (Å²) in [4.78, 5) is 11.9. The highest BCUT2D eigenvalue weighted by molar-refractivity contribution is 9.10. The van der Waals surface area contributed by atoms with Crippen LogP contribution in [0.1, 0.15) is 31.2 Å². The van der Waals surface area contributed by atoms with E-state index in [0.29, 0.717) is 6.42 Å². The molecule has 0 heterocycles. The normalized spacial score (nSPS) is 17.1. The summed E-state index contributed by atoms with van der Waals surface area (Å²) in [6.45, 7) is 0. The van der Waals surface area contributed by atoms with Crippen molar-refractivity contribution in [3.63, 3.8) is 0 Å². The minimum atomic E-state index is -0.619. The van der Waals surface area contributed by atoms with Gasteiger partial charge >= 0.3 is 0 Å². The van der Waals surface area contributed by atoms with Crippen LogP contribution in [0.4, 0.5) is 0 Å². The molecule has 0 radical (unpaired) electrons. The third kappa shape index (κ3) is 3.11. The summed E-state index contributed by atoms with van der Waals surface area (Å²) in [6.07, 6.45) is 3.92. The molecule has 0 aliphatic heterocycles. The van der Waals surface area contributed by atoms with Crippen LogP contribution in [0.5, 0.6) is 0 Å². The zero-order valence-electron chi connectivity index (χ0n) is 10.1. The van der Waals surface area contributed by atoms with E-state index >= 15 is 0 Å². The van der Waals surface area contributed by atoms with E-state index in [2.05, 4.69) is 27.3 Å². The molecular weight excluding hydrogens is 292 g/mol. The Morgan fingerprint density at radius 3 is 2.50 bits per heavy atom. The van der Waals surface area contributed by atoms with Crippen LogP contribution in [0.15, 0.2) is 28.7 Å². The van der Waals surface area contributed by atoms with E-state index in [9.17, 15) is 10.1 Å². The van der Waals surface area contributed by atoms with Gasteiger partial charge in [-0.2, -0.15) is 5.26 Å². The van der Waals surface area contributed by atoms with Crippen LogP contribution in [-0.2, 0) is 11.2 Å². The van der Waals surface area contributed by atoms with Gasteiger partial charge in [-0.1, -0.05) is 28.1 Å². The number of nitrogens with one attached hydrogen (secondary N) is 1. The topological polar surface area (TPSA) is 52.9 Å². The molecule has 94 valence electrons. The van der Waals surface area contributed by atoms with E-state index in [1.165, 1.54) is 0 Å². The van der Waals surface area contributed by atoms with Gasteiger partial charge in [-0.05, 0) is 43.4 Å². The number of carbonyl (C=O) groups excluding carboxylic acids is 1. The first-order chi connectivity index (χ1) is 8.63. The molecule has 4 heteroatoms. The van der Waals surface area contributed by atoms with Crippen molar-refractivity contribution in [1.29, 1.82) is 5.26 Å². The predicted octanol–water partition coefficient (Wildman–Crippen LogP) is 2.94. The SMILES string of the molecule is N#CC1(NC(=O)Cc2ccc(Br)cc2)CCCC1. The number of benzene rings is 1. The van der Waals surface area contributed by atoms with Gasteiger partial charge < -0.3 is 5.32 Å². The zero-order valence-corrected chi connectivity index (χ0v) is 11.7. The number of nitrogens with zero attached hydrogens (tertiary/aromatic N) is 1. The summed E-state index contributed by atoms with van der Waals surface area (Å²) in [5.41, 5.74) is 0.341. The quantitative estimate of drug-likeness (QED) is 0.933. The molecule has 1 aromatic rings. The van der Waals surface area contributed by atoms with E-state index < -0.39 is 5.54 Å². The maximum Gasteiger partial charge on any atom is 0.225 e. The lowest BCUT2D eigenvalue weighted by atomic mass is 9.99. The van der Waals surface area contributed by atoms with Crippen LogP contribution in [0, 0.1) is 11.3 Å². The van der Waals surface area contributed by atoms with Crippen LogP contribution in [-0.4, -0.2) is 11.4 Å². The molecule has 1 amide bonds. The number of nitriles is 1. The van der Waals surface area contributed by atoms with E-state index in [1.807, 2.05) is 24.3 Å². The highest BCUT2D eigenvalue weighted by Gasteiger charge is 2.35. The maximum atomic E-state index is 11.9. The Kier molecular flexibility index (Phi) is 4.03. The van der Waals surface area contributed by atoms with E-state index in [1.54, 1.807) is 0 Å². The smallest absolute Gasteiger partial charge is 0.225 e. The van der Waals surface area contributed by atoms with Crippen molar-refractivity contribution in [2.24, 2.45) is 0 Å². The molecule has 0 atom stereocenters. The molecule has 0 bridgehead atoms. The Morgan fingerprint density at radius 1 is 1.33 bits per heavy atom. The fourth-order valence-corrected chi connectivity index (χ4v) is 2.61. The Balaban J connectivity index is 1.96. The van der Waals surface area contributed by atoms with Crippen LogP contribution in [0.25, 0.3) is 0 Å². The first-order valence-corrected chi connectivity index (χ1v) is 6.90. The lowest BCUT2D eigenvalue weighted by molar-refractivity contribution is -0.121. The van der Waals surface area contributed by atoms with Crippen molar-refractivity contribution >= 4 is 21.8 Å². The molecule has 0 saturated heterocycles. The van der Waals surface area contributed by atoms with E-state index in [0.717, 1.165) is 35.7 Å². The first kappa shape index (κ1) is 13.1. The third-order valence-electron chi connectivity index (χ3n) is 3.33. The second-order valence-electron chi connectivity index (χ2n) is 4.75. The fourth-order valence-electron chi connectivity index (χ4n) is 2.34. The van der Waals surface area contributed by atoms with Crippen molar-refractivity contribution in [2.45, 2.75) is 37.6 Å². The van der Waals surface area contributed by atoms with Crippen molar-refractivity contribution in [1.82, 2.24) is 5.32 Å². The minimum Gasteiger partial charge on any atom is -0.338 e. The molecule has 1 aliphatic rings. The second kappa shape index (κ2) is 5.53. The fraction of sp³-hybridized carbons (Fsp3) is 0.429. The molecule has 18 heavy (non-hydrogen) atoms. The minimum absolute atomic E-state index is 0.0687. The Labute approximate surface area is 115 Å². The molecule has 1 fully saturated rings. The molecule has 0 aromatic heterocycles. The highest BCUT2D eigenvalue weighted by Crippen LogP contribution is 2.28. The second-order valence-corrected chi connectivity index (χ2v) is 5.67. The Bertz CT molecular complexity index is 470. The average Bonchev–Trinajstić information content (AvgIpc) is 2.81. The van der Waals surface area contributed by atoms with Crippen LogP contribution in [0.2, 0.25) is 0 Å². The largest absolute Gasteiger partial charge is 0.338 e. The van der Waals surface area contributed by atoms with E-state index in [-0.39, 0.29) is 5.91 Å². The molecular formula is C14H15BrN2O. The molecule has 1 N–H and O–H groups in total. The van der Waals surface area contributed by atoms with Gasteiger partial charge in [-0.25, -0.2) is 0 Å². The van der Waals surface area contributed by atoms with Crippen molar-refractivity contribution < 1.29 is 4.79 Å². The van der Waals surface area contributed by atoms with Crippen LogP contribution < -0.4 is 5.32 Å². The molecule has 1 aromatic carbocycles. The number of rotatable bonds is 3. The molecule has 0 spiro atoms. The van der Waals surface area contributed by atoms with Gasteiger partial charge in [0.1, 0.15) is 5.54 Å². The summed E-state index contributed by atoms with van der Waals surface area (Å²) >= 11 is 3.36. The molecule has 3 nitrogen and oxygen atoms in total. The Morgan fingerprint density at radius 2 is 1.94 bits per heavy atom. The zero-order chi connectivity index (χ0) is 13.0. The number of hydrogen-bond acceptors (Lipinski definition) is 2. The van der Waals surface area contributed by atoms with E-state index in [4.69, 9.17) is 0 Å². The number of carbonyl (C=O) groups is 1. The maximum absolute atomic E-state index is 11.9. The molecule has 1 aliphatic carbocycles. The van der Waals surface area contributed by atoms with Gasteiger partial charge in [-0.15, -0.1) is 0 Å². The summed E-state index contributed by atoms with van der Waals surface area (Å²) in [5, 5.41) is 12.1. The van der Waals surface area contributed by atoms with Crippen molar-refractivity contribution in [2.75, 3.05) is 0 Å². The molecule has 0 unspecified atom stereocenters. The monoisotopic (exact) mass is 306 g/mol. The summed E-state index contributed by atoms with van der Waals surface area (Å²) in [6, 6.07) is 9.92. The summed E-state index contributed by atoms with van der Waals surface area (Å²) < 4.78 is 0.996. The van der Waals surface area contributed by atoms with Gasteiger partial charge in [0, 0.05) is 4.47 Å². The van der Waals surface area contributed by atoms with Gasteiger partial charge in [0.05, 0.1) is 12.5 Å². The highest BCUT2D eigenvalue weighted by atomic mass is 79.9. The van der Waals surface area contributed by atoms with Gasteiger partial charge in [0.2, 0.25) is 5.91 Å². The number of amides is 1. The molecule has 1 saturated carbocycles. The van der Waals surface area contributed by atoms with Gasteiger partial charge in [-0.3, -0.25) is 4.79 Å². The van der Waals surface area contributed by atoms with Crippen molar-refractivity contribution in [3.8, 4) is 6.07 Å². The predicted molar refractivity (Wildman–Crippen MR) is 72.8 cm³/mol. The van der Waals surface area contributed by atoms with Crippen LogP contribution >= 0.6 is 15.9 Å². The third-order valence-corrected chi connectivity index (χ3v) is 3.86. The number of halogens is 1. The van der Waals surface area contributed by atoms with Gasteiger partial charge in [0.15, 0.2) is 0 Å². The van der Waals surface area contributed by atoms with Crippen molar-refractivity contribution in [3.05, 3.63) is 34.3 Å². The lowest BCUT2D eigenvalue weighted by Gasteiger charge is -2.21. The lowest BCUT2D eigenvalue weighted by Crippen LogP contribution is -2.45. The summed E-state index contributed by atoms with van der Waals surface area (Å²) in [7, 11) is 0. The average molecular weight is 307 g/mol.